The zero-order valence-corrected chi connectivity index (χ0v) is 23.5. The van der Waals surface area contributed by atoms with E-state index < -0.39 is 88.3 Å². The molecule has 3 aliphatic carbocycles. The molecule has 1 aromatic carbocycles. The van der Waals surface area contributed by atoms with Crippen LogP contribution in [0.15, 0.2) is 41.7 Å². The second kappa shape index (κ2) is 9.60. The van der Waals surface area contributed by atoms with Crippen molar-refractivity contribution < 1.29 is 53.4 Å². The van der Waals surface area contributed by atoms with Gasteiger partial charge in [-0.1, -0.05) is 37.3 Å². The van der Waals surface area contributed by atoms with E-state index in [2.05, 4.69) is 0 Å². The first-order valence-electron chi connectivity index (χ1n) is 14.1. The molecule has 0 amide bonds. The molecule has 2 saturated carbocycles. The lowest BCUT2D eigenvalue weighted by Crippen LogP contribution is -2.79. The average Bonchev–Trinajstić information content (AvgIpc) is 3.27. The smallest absolute Gasteiger partial charge is 0.348 e. The van der Waals surface area contributed by atoms with E-state index in [1.807, 2.05) is 6.07 Å². The highest BCUT2D eigenvalue weighted by Gasteiger charge is 2.85. The van der Waals surface area contributed by atoms with Crippen molar-refractivity contribution in [3.8, 4) is 0 Å². The standard InChI is InChI=1S/C30H35NO11/c1-13-15-10-18-29-12-40-30(27(38)39-3,24(35)20(34)22(29)28(15,2)11-17(32)19(13)33)23(29)21(26(37)41-18)42-25(36)16(31)9-14-7-5-4-6-8-14/h4-8,15-16,18,20-24,33-35H,9-12,31H2,1-3H3/t15-,16?,18+,20+,21+,22+,23+,24-,28-,29+,30-/m0/s1. The molecular formula is C30H35NO11. The molecule has 1 aromatic rings. The van der Waals surface area contributed by atoms with Gasteiger partial charge in [0.05, 0.1) is 25.7 Å². The van der Waals surface area contributed by atoms with Crippen LogP contribution in [0.3, 0.4) is 0 Å². The molecule has 5 aliphatic rings. The zero-order valence-electron chi connectivity index (χ0n) is 23.5. The molecule has 12 nitrogen and oxygen atoms in total. The van der Waals surface area contributed by atoms with Gasteiger partial charge in [0.15, 0.2) is 11.5 Å². The van der Waals surface area contributed by atoms with Crippen LogP contribution in [0.25, 0.3) is 0 Å². The third-order valence-corrected chi connectivity index (χ3v) is 10.7. The highest BCUT2D eigenvalue weighted by Crippen LogP contribution is 2.72. The van der Waals surface area contributed by atoms with Gasteiger partial charge in [-0.15, -0.1) is 0 Å². The summed E-state index contributed by atoms with van der Waals surface area (Å²) < 4.78 is 22.8. The van der Waals surface area contributed by atoms with Crippen LogP contribution in [-0.4, -0.2) is 88.8 Å². The van der Waals surface area contributed by atoms with Gasteiger partial charge >= 0.3 is 17.9 Å². The second-order valence-corrected chi connectivity index (χ2v) is 12.6. The molecule has 2 aliphatic heterocycles. The number of methoxy groups -OCH3 is 1. The van der Waals surface area contributed by atoms with Crippen molar-refractivity contribution in [1.29, 1.82) is 0 Å². The number of allylic oxidation sites excluding steroid dienone is 2. The van der Waals surface area contributed by atoms with Gasteiger partial charge < -0.3 is 40.0 Å². The van der Waals surface area contributed by atoms with Crippen LogP contribution in [0, 0.1) is 28.6 Å². The van der Waals surface area contributed by atoms with Crippen molar-refractivity contribution >= 4 is 23.7 Å². The number of benzene rings is 1. The lowest BCUT2D eigenvalue weighted by Gasteiger charge is -2.67. The molecule has 6 rings (SSSR count). The number of esters is 3. The van der Waals surface area contributed by atoms with Gasteiger partial charge in [-0.3, -0.25) is 9.59 Å². The predicted octanol–water partition coefficient (Wildman–Crippen LogP) is 0.121. The van der Waals surface area contributed by atoms with E-state index >= 15 is 0 Å². The van der Waals surface area contributed by atoms with Crippen molar-refractivity contribution in [3.63, 3.8) is 0 Å². The third kappa shape index (κ3) is 3.55. The molecule has 226 valence electrons. The first-order chi connectivity index (χ1) is 19.8. The third-order valence-electron chi connectivity index (χ3n) is 10.7. The Balaban J connectivity index is 1.46. The molecule has 1 spiro atoms. The normalized spacial score (nSPS) is 42.7. The summed E-state index contributed by atoms with van der Waals surface area (Å²) in [6.07, 6.45) is -6.13. The van der Waals surface area contributed by atoms with Gasteiger partial charge in [0.1, 0.15) is 18.2 Å². The van der Waals surface area contributed by atoms with E-state index in [0.29, 0.717) is 5.57 Å². The summed E-state index contributed by atoms with van der Waals surface area (Å²) in [7, 11) is 1.08. The Labute approximate surface area is 241 Å². The SMILES string of the molecule is COC(=O)[C@@]12OC[C@]34[C@H]([C@@H](O)[C@@H]1O)[C@@]1(C)CC(=O)C(O)=C(C)[C@@H]1C[C@H]3OC(=O)[C@H](OC(=O)C(N)Cc1ccccc1)[C@@H]24. The maximum absolute atomic E-state index is 13.7. The predicted molar refractivity (Wildman–Crippen MR) is 141 cm³/mol. The van der Waals surface area contributed by atoms with Gasteiger partial charge in [0.25, 0.3) is 0 Å². The fraction of sp³-hybridized carbons (Fsp3) is 0.600. The van der Waals surface area contributed by atoms with Crippen LogP contribution >= 0.6 is 0 Å². The van der Waals surface area contributed by atoms with Gasteiger partial charge in [-0.05, 0) is 42.2 Å². The number of rotatable bonds is 5. The number of hydrogen-bond acceptors (Lipinski definition) is 12. The first-order valence-corrected chi connectivity index (χ1v) is 14.1. The summed E-state index contributed by atoms with van der Waals surface area (Å²) in [5.41, 5.74) is 2.66. The van der Waals surface area contributed by atoms with E-state index in [-0.39, 0.29) is 31.6 Å². The molecule has 2 bridgehead atoms. The molecular weight excluding hydrogens is 550 g/mol. The molecule has 4 fully saturated rings. The van der Waals surface area contributed by atoms with Crippen LogP contribution in [0.1, 0.15) is 32.3 Å². The maximum Gasteiger partial charge on any atom is 0.348 e. The minimum absolute atomic E-state index is 0.111. The zero-order chi connectivity index (χ0) is 30.4. The number of nitrogens with two attached hydrogens (primary N) is 1. The quantitative estimate of drug-likeness (QED) is 0.270. The fourth-order valence-corrected chi connectivity index (χ4v) is 9.02. The monoisotopic (exact) mass is 585 g/mol. The molecule has 42 heavy (non-hydrogen) atoms. The maximum atomic E-state index is 13.7. The van der Waals surface area contributed by atoms with Crippen LogP contribution in [0.5, 0.6) is 0 Å². The van der Waals surface area contributed by atoms with Gasteiger partial charge in [-0.2, -0.15) is 0 Å². The highest BCUT2D eigenvalue weighted by molar-refractivity contribution is 5.95. The Hall–Kier alpha value is -3.32. The van der Waals surface area contributed by atoms with Crippen LogP contribution in [0.4, 0.5) is 0 Å². The molecule has 0 aromatic heterocycles. The number of fused-ring (bicyclic) bond motifs is 2. The molecule has 5 N–H and O–H groups in total. The number of ketones is 1. The summed E-state index contributed by atoms with van der Waals surface area (Å²) in [5, 5.41) is 33.9. The number of ether oxygens (including phenoxy) is 4. The van der Waals surface area contributed by atoms with E-state index in [9.17, 15) is 34.5 Å². The average molecular weight is 586 g/mol. The molecule has 0 radical (unpaired) electrons. The minimum atomic E-state index is -2.27. The molecule has 1 unspecified atom stereocenters. The van der Waals surface area contributed by atoms with Crippen molar-refractivity contribution in [2.24, 2.45) is 34.3 Å². The van der Waals surface area contributed by atoms with E-state index in [4.69, 9.17) is 24.7 Å². The van der Waals surface area contributed by atoms with E-state index in [1.165, 1.54) is 0 Å². The van der Waals surface area contributed by atoms with Gasteiger partial charge in [-0.25, -0.2) is 9.59 Å². The van der Waals surface area contributed by atoms with Gasteiger partial charge in [0.2, 0.25) is 11.7 Å². The van der Waals surface area contributed by atoms with Crippen LogP contribution < -0.4 is 5.73 Å². The minimum Gasteiger partial charge on any atom is -0.504 e. The Bertz CT molecular complexity index is 1380. The fourth-order valence-electron chi connectivity index (χ4n) is 9.02. The summed E-state index contributed by atoms with van der Waals surface area (Å²) in [6.45, 7) is 3.15. The van der Waals surface area contributed by atoms with Crippen molar-refractivity contribution in [1.82, 2.24) is 0 Å². The first kappa shape index (κ1) is 28.8. The van der Waals surface area contributed by atoms with Gasteiger partial charge in [0, 0.05) is 17.8 Å². The van der Waals surface area contributed by atoms with Crippen LogP contribution in [0.2, 0.25) is 0 Å². The number of aliphatic hydroxyl groups is 3. The van der Waals surface area contributed by atoms with Crippen molar-refractivity contribution in [2.45, 2.75) is 69.2 Å². The lowest BCUT2D eigenvalue weighted by molar-refractivity contribution is -0.290. The molecule has 11 atom stereocenters. The summed E-state index contributed by atoms with van der Waals surface area (Å²) in [6, 6.07) is 7.80. The van der Waals surface area contributed by atoms with Crippen molar-refractivity contribution in [2.75, 3.05) is 13.7 Å². The molecule has 2 saturated heterocycles. The summed E-state index contributed by atoms with van der Waals surface area (Å²) >= 11 is 0. The number of hydrogen-bond donors (Lipinski definition) is 4. The molecule has 2 heterocycles. The Morgan fingerprint density at radius 1 is 1.17 bits per heavy atom. The summed E-state index contributed by atoms with van der Waals surface area (Å²) in [5.74, 6) is -6.61. The second-order valence-electron chi connectivity index (χ2n) is 12.6. The van der Waals surface area contributed by atoms with Crippen molar-refractivity contribution in [3.05, 3.63) is 47.2 Å². The van der Waals surface area contributed by atoms with Crippen LogP contribution in [-0.2, 0) is 44.5 Å². The largest absolute Gasteiger partial charge is 0.504 e. The number of carbonyl (C=O) groups excluding carboxylic acids is 4. The summed E-state index contributed by atoms with van der Waals surface area (Å²) in [4.78, 5) is 53.4. The van der Waals surface area contributed by atoms with E-state index in [1.54, 1.807) is 38.1 Å². The topological polar surface area (TPSA) is 192 Å². The Morgan fingerprint density at radius 3 is 2.52 bits per heavy atom. The lowest BCUT2D eigenvalue weighted by atomic mass is 9.38. The highest BCUT2D eigenvalue weighted by atomic mass is 16.6. The van der Waals surface area contributed by atoms with E-state index in [0.717, 1.165) is 12.7 Å². The number of Topliss-reactive ketones (excluding diaryl/α,β-unsaturated/α-hetero) is 1. The Morgan fingerprint density at radius 2 is 1.86 bits per heavy atom. The Kier molecular flexibility index (Phi) is 6.58. The number of aliphatic hydroxyl groups excluding tert-OH is 3. The number of carbonyl (C=O) groups is 4. The molecule has 12 heteroatoms.